The third kappa shape index (κ3) is 4.77. The Kier molecular flexibility index (Phi) is 6.68. The van der Waals surface area contributed by atoms with Crippen LogP contribution >= 0.6 is 11.8 Å². The summed E-state index contributed by atoms with van der Waals surface area (Å²) in [6.45, 7) is 7.63. The first kappa shape index (κ1) is 22.1. The molecular weight excluding hydrogens is 414 g/mol. The van der Waals surface area contributed by atoms with Gasteiger partial charge in [0.25, 0.3) is 15.9 Å². The lowest BCUT2D eigenvalue weighted by atomic mass is 10.1. The van der Waals surface area contributed by atoms with Crippen molar-refractivity contribution < 1.29 is 13.2 Å². The fourth-order valence-electron chi connectivity index (χ4n) is 3.01. The first-order chi connectivity index (χ1) is 14.2. The van der Waals surface area contributed by atoms with Gasteiger partial charge in [0.05, 0.1) is 16.3 Å². The van der Waals surface area contributed by atoms with Crippen molar-refractivity contribution in [1.29, 1.82) is 0 Å². The summed E-state index contributed by atoms with van der Waals surface area (Å²) >= 11 is 1.33. The van der Waals surface area contributed by atoms with Gasteiger partial charge in [-0.25, -0.2) is 12.7 Å². The molecule has 0 aromatic heterocycles. The highest BCUT2D eigenvalue weighted by Crippen LogP contribution is 2.30. The van der Waals surface area contributed by atoms with Gasteiger partial charge >= 0.3 is 0 Å². The number of hydrogen-bond acceptors (Lipinski definition) is 4. The highest BCUT2D eigenvalue weighted by molar-refractivity contribution is 8.00. The van der Waals surface area contributed by atoms with Gasteiger partial charge in [0, 0.05) is 4.90 Å². The van der Waals surface area contributed by atoms with E-state index in [1.165, 1.54) is 11.8 Å². The van der Waals surface area contributed by atoms with E-state index in [4.69, 9.17) is 0 Å². The molecule has 0 bridgehead atoms. The van der Waals surface area contributed by atoms with Crippen molar-refractivity contribution in [3.05, 3.63) is 89.0 Å². The molecule has 0 spiro atoms. The zero-order valence-electron chi connectivity index (χ0n) is 17.5. The molecule has 30 heavy (non-hydrogen) atoms. The van der Waals surface area contributed by atoms with E-state index in [9.17, 15) is 13.2 Å². The topological polar surface area (TPSA) is 54.5 Å². The minimum atomic E-state index is -4.05. The van der Waals surface area contributed by atoms with Gasteiger partial charge in [0.1, 0.15) is 0 Å². The zero-order valence-corrected chi connectivity index (χ0v) is 19.2. The van der Waals surface area contributed by atoms with Crippen molar-refractivity contribution in [3.63, 3.8) is 0 Å². The second-order valence-electron chi connectivity index (χ2n) is 7.30. The van der Waals surface area contributed by atoms with Crippen LogP contribution < -0.4 is 4.31 Å². The van der Waals surface area contributed by atoms with Gasteiger partial charge in [-0.3, -0.25) is 4.79 Å². The van der Waals surface area contributed by atoms with Crippen LogP contribution in [0, 0.1) is 27.7 Å². The first-order valence-electron chi connectivity index (χ1n) is 9.60. The second-order valence-corrected chi connectivity index (χ2v) is 10.1. The highest BCUT2D eigenvalue weighted by atomic mass is 32.2. The maximum absolute atomic E-state index is 13.5. The molecule has 1 amide bonds. The summed E-state index contributed by atoms with van der Waals surface area (Å²) in [5.41, 5.74) is 4.17. The van der Waals surface area contributed by atoms with Crippen molar-refractivity contribution in [2.75, 3.05) is 10.1 Å². The summed E-state index contributed by atoms with van der Waals surface area (Å²) in [7, 11) is -4.05. The van der Waals surface area contributed by atoms with Crippen LogP contribution in [0.15, 0.2) is 76.5 Å². The monoisotopic (exact) mass is 439 g/mol. The number of sulfonamides is 1. The molecule has 0 unspecified atom stereocenters. The zero-order chi connectivity index (χ0) is 21.9. The SMILES string of the molecule is Cc1ccc(SCC(=O)N(c2cccc(C)c2C)S(=O)(=O)c2ccc(C)cc2)cc1. The number of benzene rings is 3. The molecule has 0 aliphatic heterocycles. The molecule has 0 aliphatic carbocycles. The van der Waals surface area contributed by atoms with Crippen LogP contribution in [-0.2, 0) is 14.8 Å². The molecule has 0 fully saturated rings. The Bertz CT molecular complexity index is 1150. The number of anilines is 1. The average Bonchev–Trinajstić information content (AvgIpc) is 2.71. The Labute approximate surface area is 183 Å². The highest BCUT2D eigenvalue weighted by Gasteiger charge is 2.32. The third-order valence-electron chi connectivity index (χ3n) is 4.96. The third-order valence-corrected chi connectivity index (χ3v) is 7.71. The van der Waals surface area contributed by atoms with E-state index >= 15 is 0 Å². The molecule has 4 nitrogen and oxygen atoms in total. The van der Waals surface area contributed by atoms with Crippen LogP contribution in [0.2, 0.25) is 0 Å². The average molecular weight is 440 g/mol. The van der Waals surface area contributed by atoms with E-state index in [0.717, 1.165) is 31.5 Å². The molecule has 0 atom stereocenters. The predicted molar refractivity (Wildman–Crippen MR) is 124 cm³/mol. The van der Waals surface area contributed by atoms with E-state index in [1.807, 2.05) is 58.0 Å². The molecule has 6 heteroatoms. The standard InChI is InChI=1S/C24H25NO3S2/c1-17-8-12-21(13-9-17)29-16-24(26)25(23-7-5-6-19(3)20(23)4)30(27,28)22-14-10-18(2)11-15-22/h5-15H,16H2,1-4H3. The van der Waals surface area contributed by atoms with Crippen molar-refractivity contribution in [2.24, 2.45) is 0 Å². The summed E-state index contributed by atoms with van der Waals surface area (Å²) in [6, 6.07) is 19.7. The van der Waals surface area contributed by atoms with Crippen LogP contribution in [0.1, 0.15) is 22.3 Å². The molecule has 0 saturated carbocycles. The summed E-state index contributed by atoms with van der Waals surface area (Å²) in [5.74, 6) is -0.462. The van der Waals surface area contributed by atoms with Crippen LogP contribution in [0.25, 0.3) is 0 Å². The molecule has 0 heterocycles. The normalized spacial score (nSPS) is 11.3. The Morgan fingerprint density at radius 1 is 0.833 bits per heavy atom. The fraction of sp³-hybridized carbons (Fsp3) is 0.208. The van der Waals surface area contributed by atoms with Crippen LogP contribution in [-0.4, -0.2) is 20.1 Å². The number of nitrogens with zero attached hydrogens (tertiary/aromatic N) is 1. The summed E-state index contributed by atoms with van der Waals surface area (Å²) in [5, 5.41) is 0. The van der Waals surface area contributed by atoms with Crippen LogP contribution in [0.4, 0.5) is 5.69 Å². The maximum Gasteiger partial charge on any atom is 0.270 e. The van der Waals surface area contributed by atoms with E-state index in [1.54, 1.807) is 36.4 Å². The van der Waals surface area contributed by atoms with Gasteiger partial charge in [-0.1, -0.05) is 47.5 Å². The number of amides is 1. The smallest absolute Gasteiger partial charge is 0.270 e. The Morgan fingerprint density at radius 2 is 1.40 bits per heavy atom. The molecule has 0 aliphatic rings. The number of carbonyl (C=O) groups is 1. The fourth-order valence-corrected chi connectivity index (χ4v) is 5.32. The number of carbonyl (C=O) groups excluding carboxylic acids is 1. The van der Waals surface area contributed by atoms with Gasteiger partial charge in [-0.15, -0.1) is 11.8 Å². The second kappa shape index (κ2) is 9.06. The summed E-state index contributed by atoms with van der Waals surface area (Å²) in [4.78, 5) is 14.3. The first-order valence-corrected chi connectivity index (χ1v) is 12.0. The molecule has 3 aromatic rings. The number of aryl methyl sites for hydroxylation is 3. The van der Waals surface area contributed by atoms with E-state index in [0.29, 0.717) is 5.69 Å². The predicted octanol–water partition coefficient (Wildman–Crippen LogP) is 5.43. The van der Waals surface area contributed by atoms with Gasteiger partial charge in [-0.2, -0.15) is 0 Å². The van der Waals surface area contributed by atoms with Gasteiger partial charge in [-0.05, 0) is 69.2 Å². The Morgan fingerprint density at radius 3 is 2.00 bits per heavy atom. The van der Waals surface area contributed by atoms with Crippen molar-refractivity contribution in [2.45, 2.75) is 37.5 Å². The minimum Gasteiger partial charge on any atom is -0.272 e. The molecule has 156 valence electrons. The van der Waals surface area contributed by atoms with Crippen molar-refractivity contribution in [3.8, 4) is 0 Å². The number of hydrogen-bond donors (Lipinski definition) is 0. The Balaban J connectivity index is 2.00. The molecule has 3 aromatic carbocycles. The lowest BCUT2D eigenvalue weighted by molar-refractivity contribution is -0.115. The maximum atomic E-state index is 13.5. The number of rotatable bonds is 6. The minimum absolute atomic E-state index is 0.0154. The van der Waals surface area contributed by atoms with E-state index in [-0.39, 0.29) is 10.6 Å². The van der Waals surface area contributed by atoms with Crippen molar-refractivity contribution in [1.82, 2.24) is 0 Å². The molecule has 0 N–H and O–H groups in total. The molecule has 0 radical (unpaired) electrons. The quantitative estimate of drug-likeness (QED) is 0.480. The lowest BCUT2D eigenvalue weighted by Crippen LogP contribution is -2.38. The van der Waals surface area contributed by atoms with Gasteiger partial charge in [0.15, 0.2) is 0 Å². The van der Waals surface area contributed by atoms with Crippen LogP contribution in [0.3, 0.4) is 0 Å². The molecular formula is C24H25NO3S2. The Hall–Kier alpha value is -2.57. The van der Waals surface area contributed by atoms with Gasteiger partial charge < -0.3 is 0 Å². The lowest BCUT2D eigenvalue weighted by Gasteiger charge is -2.25. The van der Waals surface area contributed by atoms with Crippen LogP contribution in [0.5, 0.6) is 0 Å². The molecule has 0 saturated heterocycles. The largest absolute Gasteiger partial charge is 0.272 e. The summed E-state index contributed by atoms with van der Waals surface area (Å²) < 4.78 is 28.0. The van der Waals surface area contributed by atoms with Crippen molar-refractivity contribution >= 4 is 33.4 Å². The van der Waals surface area contributed by atoms with E-state index < -0.39 is 15.9 Å². The number of thioether (sulfide) groups is 1. The summed E-state index contributed by atoms with van der Waals surface area (Å²) in [6.07, 6.45) is 0. The van der Waals surface area contributed by atoms with Gasteiger partial charge in [0.2, 0.25) is 0 Å². The molecule has 3 rings (SSSR count). The van der Waals surface area contributed by atoms with E-state index in [2.05, 4.69) is 0 Å².